The van der Waals surface area contributed by atoms with Gasteiger partial charge in [-0.15, -0.1) is 11.3 Å². The van der Waals surface area contributed by atoms with Crippen LogP contribution in [0, 0.1) is 0 Å². The van der Waals surface area contributed by atoms with Crippen LogP contribution in [0.15, 0.2) is 54.2 Å². The van der Waals surface area contributed by atoms with Crippen molar-refractivity contribution in [3.05, 3.63) is 64.9 Å². The number of hydrogen-bond donors (Lipinski definition) is 0. The van der Waals surface area contributed by atoms with Crippen molar-refractivity contribution in [1.29, 1.82) is 0 Å². The van der Waals surface area contributed by atoms with E-state index in [1.54, 1.807) is 11.3 Å². The van der Waals surface area contributed by atoms with Gasteiger partial charge >= 0.3 is 0 Å². The summed E-state index contributed by atoms with van der Waals surface area (Å²) in [6, 6.07) is 11.9. The Bertz CT molecular complexity index is 831. The first kappa shape index (κ1) is 16.6. The normalized spacial score (nSPS) is 20.9. The Morgan fingerprint density at radius 3 is 2.88 bits per heavy atom. The third-order valence-corrected chi connectivity index (χ3v) is 5.56. The van der Waals surface area contributed by atoms with Gasteiger partial charge in [0.05, 0.1) is 0 Å². The summed E-state index contributed by atoms with van der Waals surface area (Å²) in [4.78, 5) is 6.85. The van der Waals surface area contributed by atoms with Crippen LogP contribution in [0.5, 0.6) is 5.75 Å². The monoisotopic (exact) mass is 373 g/mol. The first-order chi connectivity index (χ1) is 12.1. The third kappa shape index (κ3) is 3.73. The summed E-state index contributed by atoms with van der Waals surface area (Å²) in [7, 11) is 0. The van der Waals surface area contributed by atoms with Gasteiger partial charge < -0.3 is 4.74 Å². The molecule has 0 radical (unpaired) electrons. The van der Waals surface area contributed by atoms with Crippen molar-refractivity contribution in [2.75, 3.05) is 13.1 Å². The molecule has 25 heavy (non-hydrogen) atoms. The van der Waals surface area contributed by atoms with Crippen molar-refractivity contribution in [1.82, 2.24) is 14.5 Å². The zero-order chi connectivity index (χ0) is 17.3. The topological polar surface area (TPSA) is 30.3 Å². The van der Waals surface area contributed by atoms with Crippen LogP contribution in [0.25, 0.3) is 5.13 Å². The molecular weight excluding hydrogens is 354 g/mol. The van der Waals surface area contributed by atoms with E-state index in [1.165, 1.54) is 5.69 Å². The Kier molecular flexibility index (Phi) is 4.54. The van der Waals surface area contributed by atoms with Crippen LogP contribution in [0.3, 0.4) is 0 Å². The Morgan fingerprint density at radius 1 is 1.28 bits per heavy atom. The lowest BCUT2D eigenvalue weighted by molar-refractivity contribution is 0.0948. The summed E-state index contributed by atoms with van der Waals surface area (Å²) in [6.07, 6.45) is 4.93. The van der Waals surface area contributed by atoms with Crippen molar-refractivity contribution in [3.63, 3.8) is 0 Å². The first-order valence-electron chi connectivity index (χ1n) is 8.34. The molecule has 1 fully saturated rings. The zero-order valence-corrected chi connectivity index (χ0v) is 15.6. The molecule has 0 saturated carbocycles. The van der Waals surface area contributed by atoms with Gasteiger partial charge in [-0.3, -0.25) is 9.47 Å². The average molecular weight is 374 g/mol. The minimum atomic E-state index is -0.174. The second-order valence-electron chi connectivity index (χ2n) is 6.65. The summed E-state index contributed by atoms with van der Waals surface area (Å²) in [5, 5.41) is 3.75. The average Bonchev–Trinajstić information content (AvgIpc) is 3.31. The molecule has 4 nitrogen and oxygen atoms in total. The largest absolute Gasteiger partial charge is 0.486 e. The number of halogens is 1. The molecule has 0 bridgehead atoms. The van der Waals surface area contributed by atoms with E-state index in [1.807, 2.05) is 35.8 Å². The molecule has 1 saturated heterocycles. The highest BCUT2D eigenvalue weighted by molar-refractivity contribution is 7.12. The van der Waals surface area contributed by atoms with E-state index in [0.717, 1.165) is 42.0 Å². The highest BCUT2D eigenvalue weighted by atomic mass is 35.5. The predicted molar refractivity (Wildman–Crippen MR) is 102 cm³/mol. The van der Waals surface area contributed by atoms with Crippen LogP contribution in [0.2, 0.25) is 5.02 Å². The van der Waals surface area contributed by atoms with Gasteiger partial charge in [0.2, 0.25) is 0 Å². The molecule has 1 atom stereocenters. The molecule has 130 valence electrons. The molecular formula is C19H20ClN3OS. The van der Waals surface area contributed by atoms with Crippen molar-refractivity contribution < 1.29 is 4.74 Å². The number of hydrogen-bond acceptors (Lipinski definition) is 4. The maximum atomic E-state index is 6.25. The lowest BCUT2D eigenvalue weighted by Crippen LogP contribution is -2.36. The maximum absolute atomic E-state index is 6.25. The van der Waals surface area contributed by atoms with E-state index in [0.29, 0.717) is 0 Å². The Morgan fingerprint density at radius 2 is 2.12 bits per heavy atom. The van der Waals surface area contributed by atoms with E-state index < -0.39 is 0 Å². The predicted octanol–water partition coefficient (Wildman–Crippen LogP) is 4.63. The van der Waals surface area contributed by atoms with E-state index in [9.17, 15) is 0 Å². The van der Waals surface area contributed by atoms with Gasteiger partial charge in [0.25, 0.3) is 0 Å². The standard InChI is InChI=1S/C19H20ClN3OS/c1-19(24-17-6-4-15(20)5-7-17)8-11-22(14-19)13-16-3-2-10-23(16)18-21-9-12-25-18/h2-7,9-10,12H,8,11,13-14H2,1H3. The molecule has 4 rings (SSSR count). The minimum absolute atomic E-state index is 0.174. The van der Waals surface area contributed by atoms with E-state index in [2.05, 4.69) is 39.7 Å². The summed E-state index contributed by atoms with van der Waals surface area (Å²) in [5.74, 6) is 0.875. The third-order valence-electron chi connectivity index (χ3n) is 4.54. The van der Waals surface area contributed by atoms with Crippen molar-refractivity contribution in [3.8, 4) is 10.9 Å². The molecule has 1 aliphatic heterocycles. The Balaban J connectivity index is 1.43. The fraction of sp³-hybridized carbons (Fsp3) is 0.316. The smallest absolute Gasteiger partial charge is 0.193 e. The molecule has 2 aromatic heterocycles. The van der Waals surface area contributed by atoms with Gasteiger partial charge in [0.15, 0.2) is 5.13 Å². The molecule has 1 aromatic carbocycles. The first-order valence-corrected chi connectivity index (χ1v) is 9.60. The number of nitrogens with zero attached hydrogens (tertiary/aromatic N) is 3. The quantitative estimate of drug-likeness (QED) is 0.653. The van der Waals surface area contributed by atoms with E-state index in [4.69, 9.17) is 16.3 Å². The lowest BCUT2D eigenvalue weighted by atomic mass is 10.1. The number of thiazole rings is 1. The minimum Gasteiger partial charge on any atom is -0.486 e. The van der Waals surface area contributed by atoms with Gasteiger partial charge in [0.1, 0.15) is 11.4 Å². The van der Waals surface area contributed by atoms with Crippen LogP contribution in [-0.4, -0.2) is 33.1 Å². The highest BCUT2D eigenvalue weighted by Gasteiger charge is 2.36. The van der Waals surface area contributed by atoms with Crippen molar-refractivity contribution >= 4 is 22.9 Å². The second kappa shape index (κ2) is 6.83. The molecule has 1 aliphatic rings. The zero-order valence-electron chi connectivity index (χ0n) is 14.1. The van der Waals surface area contributed by atoms with Crippen LogP contribution < -0.4 is 4.74 Å². The number of aromatic nitrogens is 2. The molecule has 0 aliphatic carbocycles. The molecule has 6 heteroatoms. The van der Waals surface area contributed by atoms with Gasteiger partial charge in [-0.05, 0) is 43.3 Å². The molecule has 0 amide bonds. The second-order valence-corrected chi connectivity index (χ2v) is 7.96. The molecule has 0 spiro atoms. The summed E-state index contributed by atoms with van der Waals surface area (Å²) < 4.78 is 8.42. The van der Waals surface area contributed by atoms with Gasteiger partial charge in [-0.2, -0.15) is 0 Å². The lowest BCUT2D eigenvalue weighted by Gasteiger charge is -2.26. The number of ether oxygens (including phenoxy) is 1. The molecule has 3 heterocycles. The van der Waals surface area contributed by atoms with Gasteiger partial charge in [-0.1, -0.05) is 11.6 Å². The van der Waals surface area contributed by atoms with E-state index in [-0.39, 0.29) is 5.60 Å². The SMILES string of the molecule is CC1(Oc2ccc(Cl)cc2)CCN(Cc2cccn2-c2nccs2)C1. The fourth-order valence-corrected chi connectivity index (χ4v) is 4.11. The van der Waals surface area contributed by atoms with Crippen LogP contribution >= 0.6 is 22.9 Å². The number of likely N-dealkylation sites (tertiary alicyclic amines) is 1. The van der Waals surface area contributed by atoms with Crippen LogP contribution in [0.4, 0.5) is 0 Å². The summed E-state index contributed by atoms with van der Waals surface area (Å²) >= 11 is 7.61. The fourth-order valence-electron chi connectivity index (χ4n) is 3.33. The van der Waals surface area contributed by atoms with Crippen molar-refractivity contribution in [2.45, 2.75) is 25.5 Å². The van der Waals surface area contributed by atoms with E-state index >= 15 is 0 Å². The summed E-state index contributed by atoms with van der Waals surface area (Å²) in [5.41, 5.74) is 1.08. The van der Waals surface area contributed by atoms with Gasteiger partial charge in [-0.25, -0.2) is 4.98 Å². The van der Waals surface area contributed by atoms with Crippen LogP contribution in [-0.2, 0) is 6.54 Å². The molecule has 1 unspecified atom stereocenters. The van der Waals surface area contributed by atoms with Crippen LogP contribution in [0.1, 0.15) is 19.0 Å². The number of benzene rings is 1. The summed E-state index contributed by atoms with van der Waals surface area (Å²) in [6.45, 7) is 5.00. The van der Waals surface area contributed by atoms with Crippen molar-refractivity contribution in [2.24, 2.45) is 0 Å². The molecule has 3 aromatic rings. The maximum Gasteiger partial charge on any atom is 0.193 e. The molecule has 0 N–H and O–H groups in total. The Hall–Kier alpha value is -1.82. The Labute approximate surface area is 156 Å². The number of rotatable bonds is 5. The van der Waals surface area contributed by atoms with Gasteiger partial charge in [0, 0.05) is 54.5 Å². The highest BCUT2D eigenvalue weighted by Crippen LogP contribution is 2.29.